The van der Waals surface area contributed by atoms with Gasteiger partial charge in [0, 0.05) is 31.1 Å². The summed E-state index contributed by atoms with van der Waals surface area (Å²) < 4.78 is 12.6. The van der Waals surface area contributed by atoms with E-state index in [1.807, 2.05) is 24.3 Å². The second-order valence-electron chi connectivity index (χ2n) is 8.38. The minimum atomic E-state index is -0.983. The summed E-state index contributed by atoms with van der Waals surface area (Å²) in [5.74, 6) is -1.69. The highest BCUT2D eigenvalue weighted by atomic mass is 19.1. The van der Waals surface area contributed by atoms with Crippen molar-refractivity contribution in [2.24, 2.45) is 11.8 Å². The number of carboxylic acid groups (broad SMARTS) is 1. The van der Waals surface area contributed by atoms with Crippen molar-refractivity contribution in [3.63, 3.8) is 0 Å². The lowest BCUT2D eigenvalue weighted by molar-refractivity contribution is -0.121. The van der Waals surface area contributed by atoms with Crippen molar-refractivity contribution in [2.75, 3.05) is 6.67 Å². The number of aliphatic hydroxyl groups excluding tert-OH is 2. The summed E-state index contributed by atoms with van der Waals surface area (Å²) in [7, 11) is 0. The quantitative estimate of drug-likeness (QED) is 0.491. The van der Waals surface area contributed by atoms with Crippen molar-refractivity contribution in [3.8, 4) is 0 Å². The standard InChI is InChI=1S/C26H29FO5/c27-13-12-18-2-1-3-19(14-18)15-21(28)9-11-23-22(24(29)16-25(23)30)10-6-17-4-7-20(8-5-17)26(31)32/h1-5,7-9,11,14,21-23,25,28,30H,6,10,12-13,15-16H2,(H,31,32)/t21-,22-,23-,25-/m1/s1. The average molecular weight is 441 g/mol. The highest BCUT2D eigenvalue weighted by molar-refractivity contribution is 5.87. The number of aromatic carboxylic acids is 1. The van der Waals surface area contributed by atoms with Gasteiger partial charge in [-0.1, -0.05) is 48.6 Å². The molecule has 6 heteroatoms. The summed E-state index contributed by atoms with van der Waals surface area (Å²) in [5, 5.41) is 29.8. The topological polar surface area (TPSA) is 94.8 Å². The van der Waals surface area contributed by atoms with Crippen LogP contribution in [0.5, 0.6) is 0 Å². The molecule has 170 valence electrons. The third-order valence-corrected chi connectivity index (χ3v) is 6.05. The lowest BCUT2D eigenvalue weighted by Gasteiger charge is -2.18. The Hall–Kier alpha value is -2.83. The molecule has 0 heterocycles. The van der Waals surface area contributed by atoms with E-state index < -0.39 is 24.9 Å². The summed E-state index contributed by atoms with van der Waals surface area (Å²) in [4.78, 5) is 23.4. The Bertz CT molecular complexity index is 953. The molecule has 4 atom stereocenters. The number of carboxylic acids is 1. The van der Waals surface area contributed by atoms with Gasteiger partial charge >= 0.3 is 5.97 Å². The van der Waals surface area contributed by atoms with Crippen LogP contribution in [0.15, 0.2) is 60.7 Å². The summed E-state index contributed by atoms with van der Waals surface area (Å²) in [6.45, 7) is -0.426. The molecule has 2 aromatic rings. The molecule has 2 aromatic carbocycles. The Morgan fingerprint density at radius 1 is 1.09 bits per heavy atom. The second-order valence-corrected chi connectivity index (χ2v) is 8.38. The maximum atomic E-state index is 12.6. The summed E-state index contributed by atoms with van der Waals surface area (Å²) in [6.07, 6.45) is 3.76. The average Bonchev–Trinajstić information content (AvgIpc) is 3.03. The van der Waals surface area contributed by atoms with Gasteiger partial charge in [0.2, 0.25) is 0 Å². The van der Waals surface area contributed by atoms with Crippen molar-refractivity contribution in [2.45, 2.75) is 44.3 Å². The molecule has 0 bridgehead atoms. The van der Waals surface area contributed by atoms with Crippen LogP contribution < -0.4 is 0 Å². The van der Waals surface area contributed by atoms with E-state index in [-0.39, 0.29) is 29.6 Å². The van der Waals surface area contributed by atoms with E-state index in [1.165, 1.54) is 0 Å². The zero-order chi connectivity index (χ0) is 23.1. The fourth-order valence-electron chi connectivity index (χ4n) is 4.32. The molecule has 0 spiro atoms. The first-order valence-electron chi connectivity index (χ1n) is 10.9. The molecule has 5 nitrogen and oxygen atoms in total. The van der Waals surface area contributed by atoms with Gasteiger partial charge in [0.15, 0.2) is 0 Å². The lowest BCUT2D eigenvalue weighted by Crippen LogP contribution is -2.20. The van der Waals surface area contributed by atoms with Crippen molar-refractivity contribution in [1.29, 1.82) is 0 Å². The molecular weight excluding hydrogens is 411 g/mol. The largest absolute Gasteiger partial charge is 0.478 e. The lowest BCUT2D eigenvalue weighted by atomic mass is 9.88. The highest BCUT2D eigenvalue weighted by Crippen LogP contribution is 2.34. The minimum Gasteiger partial charge on any atom is -0.478 e. The van der Waals surface area contributed by atoms with E-state index in [1.54, 1.807) is 36.4 Å². The van der Waals surface area contributed by atoms with Crippen LogP contribution in [0, 0.1) is 11.8 Å². The first-order chi connectivity index (χ1) is 15.4. The number of alkyl halides is 1. The zero-order valence-electron chi connectivity index (χ0n) is 17.9. The third kappa shape index (κ3) is 6.34. The minimum absolute atomic E-state index is 0.00252. The first-order valence-corrected chi connectivity index (χ1v) is 10.9. The Labute approximate surface area is 187 Å². The molecule has 0 amide bonds. The van der Waals surface area contributed by atoms with Crippen molar-refractivity contribution < 1.29 is 29.3 Å². The van der Waals surface area contributed by atoms with Gasteiger partial charge < -0.3 is 15.3 Å². The number of hydrogen-bond acceptors (Lipinski definition) is 4. The number of halogens is 1. The normalized spacial score (nSPS) is 21.8. The van der Waals surface area contributed by atoms with Crippen LogP contribution in [0.2, 0.25) is 0 Å². The molecule has 1 saturated carbocycles. The van der Waals surface area contributed by atoms with E-state index in [0.717, 1.165) is 16.7 Å². The van der Waals surface area contributed by atoms with Crippen molar-refractivity contribution >= 4 is 11.8 Å². The van der Waals surface area contributed by atoms with Crippen LogP contribution in [-0.2, 0) is 24.1 Å². The molecular formula is C26H29FO5. The highest BCUT2D eigenvalue weighted by Gasteiger charge is 2.39. The molecule has 3 N–H and O–H groups in total. The van der Waals surface area contributed by atoms with Gasteiger partial charge in [0.05, 0.1) is 24.4 Å². The van der Waals surface area contributed by atoms with Gasteiger partial charge in [-0.15, -0.1) is 0 Å². The SMILES string of the molecule is O=C(O)c1ccc(CC[C@H]2C(=O)C[C@@H](O)[C@@H]2C=C[C@@H](O)Cc2cccc(CCF)c2)cc1. The van der Waals surface area contributed by atoms with Gasteiger partial charge in [-0.05, 0) is 41.7 Å². The number of carbonyl (C=O) groups is 2. The fraction of sp³-hybridized carbons (Fsp3) is 0.385. The van der Waals surface area contributed by atoms with Crippen molar-refractivity contribution in [1.82, 2.24) is 0 Å². The van der Waals surface area contributed by atoms with Gasteiger partial charge in [-0.25, -0.2) is 4.79 Å². The van der Waals surface area contributed by atoms with Gasteiger partial charge in [0.25, 0.3) is 0 Å². The van der Waals surface area contributed by atoms with E-state index in [2.05, 4.69) is 0 Å². The molecule has 3 rings (SSSR count). The number of hydrogen-bond donors (Lipinski definition) is 3. The van der Waals surface area contributed by atoms with Gasteiger partial charge in [-0.2, -0.15) is 0 Å². The second kappa shape index (κ2) is 11.2. The number of rotatable bonds is 10. The van der Waals surface area contributed by atoms with E-state index in [0.29, 0.717) is 25.7 Å². The molecule has 0 aromatic heterocycles. The maximum Gasteiger partial charge on any atom is 0.335 e. The number of ketones is 1. The fourth-order valence-corrected chi connectivity index (χ4v) is 4.32. The molecule has 0 unspecified atom stereocenters. The number of benzene rings is 2. The number of carbonyl (C=O) groups excluding carboxylic acids is 1. The summed E-state index contributed by atoms with van der Waals surface area (Å²) in [5.41, 5.74) is 2.93. The predicted octanol–water partition coefficient (Wildman–Crippen LogP) is 3.56. The van der Waals surface area contributed by atoms with Crippen LogP contribution in [0.25, 0.3) is 0 Å². The molecule has 1 aliphatic rings. The van der Waals surface area contributed by atoms with Crippen LogP contribution in [-0.4, -0.2) is 46.0 Å². The monoisotopic (exact) mass is 440 g/mol. The Morgan fingerprint density at radius 3 is 2.50 bits per heavy atom. The van der Waals surface area contributed by atoms with Crippen LogP contribution in [0.1, 0.15) is 39.9 Å². The number of aliphatic hydroxyl groups is 2. The van der Waals surface area contributed by atoms with Crippen LogP contribution in [0.4, 0.5) is 4.39 Å². The van der Waals surface area contributed by atoms with Crippen LogP contribution >= 0.6 is 0 Å². The van der Waals surface area contributed by atoms with Gasteiger partial charge in [-0.3, -0.25) is 9.18 Å². The van der Waals surface area contributed by atoms with E-state index in [4.69, 9.17) is 5.11 Å². The third-order valence-electron chi connectivity index (χ3n) is 6.05. The molecule has 1 aliphatic carbocycles. The predicted molar refractivity (Wildman–Crippen MR) is 119 cm³/mol. The molecule has 32 heavy (non-hydrogen) atoms. The Morgan fingerprint density at radius 2 is 1.81 bits per heavy atom. The molecule has 0 aliphatic heterocycles. The number of aryl methyl sites for hydroxylation is 2. The van der Waals surface area contributed by atoms with Gasteiger partial charge in [0.1, 0.15) is 5.78 Å². The smallest absolute Gasteiger partial charge is 0.335 e. The Kier molecular flexibility index (Phi) is 8.31. The molecule has 1 fully saturated rings. The van der Waals surface area contributed by atoms with Crippen molar-refractivity contribution in [3.05, 3.63) is 82.9 Å². The Balaban J connectivity index is 1.60. The molecule has 0 radical (unpaired) electrons. The molecule has 0 saturated heterocycles. The summed E-state index contributed by atoms with van der Waals surface area (Å²) in [6, 6.07) is 14.0. The maximum absolute atomic E-state index is 12.6. The summed E-state index contributed by atoms with van der Waals surface area (Å²) >= 11 is 0. The van der Waals surface area contributed by atoms with E-state index in [9.17, 15) is 24.2 Å². The number of Topliss-reactive ketones (excluding diaryl/α,β-unsaturated/α-hetero) is 1. The van der Waals surface area contributed by atoms with E-state index >= 15 is 0 Å². The van der Waals surface area contributed by atoms with Crippen LogP contribution in [0.3, 0.4) is 0 Å². The zero-order valence-corrected chi connectivity index (χ0v) is 17.9. The first kappa shape index (κ1) is 23.8.